The van der Waals surface area contributed by atoms with E-state index in [0.717, 1.165) is 11.3 Å². The number of pyridine rings is 1. The number of fused-ring (bicyclic) bond motifs is 1. The molecule has 8 N–H and O–H groups in total. The van der Waals surface area contributed by atoms with Gasteiger partial charge >= 0.3 is 0 Å². The summed E-state index contributed by atoms with van der Waals surface area (Å²) in [5, 5.41) is 10.0. The Balaban J connectivity index is 2.34. The van der Waals surface area contributed by atoms with Crippen molar-refractivity contribution < 1.29 is 19.1 Å². The number of aromatic nitrogens is 1. The maximum Gasteiger partial charge on any atom is 0.260 e. The van der Waals surface area contributed by atoms with E-state index < -0.39 is 11.8 Å². The Labute approximate surface area is 168 Å². The van der Waals surface area contributed by atoms with Gasteiger partial charge in [0, 0.05) is 10.9 Å². The number of methoxy groups -OCH3 is 1. The molecular formula is C18H16N6O4S. The molecule has 29 heavy (non-hydrogen) atoms. The molecule has 2 aromatic heterocycles. The molecule has 0 aliphatic rings. The van der Waals surface area contributed by atoms with Crippen molar-refractivity contribution in [3.63, 3.8) is 0 Å². The summed E-state index contributed by atoms with van der Waals surface area (Å²) >= 11 is 0.983. The van der Waals surface area contributed by atoms with Crippen LogP contribution in [0, 0.1) is 11.3 Å². The van der Waals surface area contributed by atoms with Crippen molar-refractivity contribution in [3.05, 3.63) is 28.6 Å². The Morgan fingerprint density at radius 2 is 1.97 bits per heavy atom. The normalized spacial score (nSPS) is 10.5. The van der Waals surface area contributed by atoms with Gasteiger partial charge in [0.25, 0.3) is 11.8 Å². The van der Waals surface area contributed by atoms with Crippen LogP contribution in [0.2, 0.25) is 0 Å². The predicted octanol–water partition coefficient (Wildman–Crippen LogP) is 0.971. The standard InChI is InChI=1S/C18H16N6O4S/c1-27-9-3-2-7(4-10(9)28-6-11(20)25)12-8(5-19)16(22)24-18-13(12)14(21)15(29-18)17(23)26/h2-4H,6,21H2,1H3,(H2,20,25)(H2,22,24)(H2,23,26). The minimum Gasteiger partial charge on any atom is -0.493 e. The van der Waals surface area contributed by atoms with Gasteiger partial charge < -0.3 is 32.4 Å². The molecule has 11 heteroatoms. The number of carbonyl (C=O) groups is 2. The molecule has 0 aliphatic heterocycles. The van der Waals surface area contributed by atoms with Crippen molar-refractivity contribution in [2.24, 2.45) is 11.5 Å². The van der Waals surface area contributed by atoms with E-state index in [4.69, 9.17) is 32.4 Å². The Bertz CT molecular complexity index is 1200. The number of hydrogen-bond donors (Lipinski definition) is 4. The zero-order valence-electron chi connectivity index (χ0n) is 15.2. The molecule has 1 aromatic carbocycles. The molecule has 0 bridgehead atoms. The van der Waals surface area contributed by atoms with Crippen molar-refractivity contribution in [1.29, 1.82) is 5.26 Å². The molecule has 2 amide bonds. The van der Waals surface area contributed by atoms with Gasteiger partial charge in [-0.15, -0.1) is 11.3 Å². The number of benzene rings is 1. The topological polar surface area (TPSA) is 193 Å². The van der Waals surface area contributed by atoms with Crippen molar-refractivity contribution >= 4 is 44.9 Å². The first-order chi connectivity index (χ1) is 13.8. The summed E-state index contributed by atoms with van der Waals surface area (Å²) in [7, 11) is 1.44. The van der Waals surface area contributed by atoms with Crippen molar-refractivity contribution in [1.82, 2.24) is 4.98 Å². The first kappa shape index (κ1) is 19.7. The van der Waals surface area contributed by atoms with Crippen molar-refractivity contribution in [2.45, 2.75) is 0 Å². The fourth-order valence-electron chi connectivity index (χ4n) is 2.85. The lowest BCUT2D eigenvalue weighted by molar-refractivity contribution is -0.119. The van der Waals surface area contributed by atoms with Crippen LogP contribution < -0.4 is 32.4 Å². The highest BCUT2D eigenvalue weighted by atomic mass is 32.1. The van der Waals surface area contributed by atoms with E-state index in [1.807, 2.05) is 6.07 Å². The summed E-state index contributed by atoms with van der Waals surface area (Å²) in [6, 6.07) is 6.82. The SMILES string of the molecule is COc1ccc(-c2c(C#N)c(N)nc3sc(C(N)=O)c(N)c23)cc1OCC(N)=O. The third kappa shape index (κ3) is 3.44. The van der Waals surface area contributed by atoms with Gasteiger partial charge in [-0.2, -0.15) is 5.26 Å². The molecule has 3 aromatic rings. The number of rotatable bonds is 6. The second-order valence-electron chi connectivity index (χ2n) is 5.87. The summed E-state index contributed by atoms with van der Waals surface area (Å²) in [5.41, 5.74) is 23.7. The molecule has 2 heterocycles. The molecule has 3 rings (SSSR count). The van der Waals surface area contributed by atoms with Crippen LogP contribution in [0.4, 0.5) is 11.5 Å². The number of primary amides is 2. The molecule has 0 atom stereocenters. The Kier molecular flexibility index (Phi) is 5.12. The number of nitrogens with zero attached hydrogens (tertiary/aromatic N) is 2. The van der Waals surface area contributed by atoms with E-state index >= 15 is 0 Å². The second kappa shape index (κ2) is 7.53. The molecule has 0 fully saturated rings. The number of carbonyl (C=O) groups excluding carboxylic acids is 2. The van der Waals surface area contributed by atoms with Crippen LogP contribution in [-0.2, 0) is 4.79 Å². The fraction of sp³-hybridized carbons (Fsp3) is 0.111. The molecule has 0 spiro atoms. The first-order valence-electron chi connectivity index (χ1n) is 8.09. The van der Waals surface area contributed by atoms with Gasteiger partial charge in [0.05, 0.1) is 12.8 Å². The lowest BCUT2D eigenvalue weighted by atomic mass is 9.97. The summed E-state index contributed by atoms with van der Waals surface area (Å²) in [5.74, 6) is -0.835. The molecule has 0 unspecified atom stereocenters. The number of ether oxygens (including phenoxy) is 2. The second-order valence-corrected chi connectivity index (χ2v) is 6.87. The van der Waals surface area contributed by atoms with Crippen LogP contribution in [0.1, 0.15) is 15.2 Å². The van der Waals surface area contributed by atoms with Gasteiger partial charge in [0.15, 0.2) is 18.1 Å². The van der Waals surface area contributed by atoms with Crippen LogP contribution in [-0.4, -0.2) is 30.5 Å². The zero-order chi connectivity index (χ0) is 21.3. The van der Waals surface area contributed by atoms with Gasteiger partial charge in [0.1, 0.15) is 27.2 Å². The van der Waals surface area contributed by atoms with E-state index in [0.29, 0.717) is 27.1 Å². The van der Waals surface area contributed by atoms with Crippen LogP contribution in [0.3, 0.4) is 0 Å². The minimum absolute atomic E-state index is 0.0253. The van der Waals surface area contributed by atoms with Crippen molar-refractivity contribution in [3.8, 4) is 28.7 Å². The molecule has 0 saturated carbocycles. The minimum atomic E-state index is -0.714. The lowest BCUT2D eigenvalue weighted by Crippen LogP contribution is -2.20. The summed E-state index contributed by atoms with van der Waals surface area (Å²) in [6.07, 6.45) is 0. The largest absolute Gasteiger partial charge is 0.493 e. The van der Waals surface area contributed by atoms with E-state index in [-0.39, 0.29) is 34.3 Å². The number of hydrogen-bond acceptors (Lipinski definition) is 9. The van der Waals surface area contributed by atoms with E-state index in [2.05, 4.69) is 4.98 Å². The highest BCUT2D eigenvalue weighted by Crippen LogP contribution is 2.44. The molecule has 10 nitrogen and oxygen atoms in total. The predicted molar refractivity (Wildman–Crippen MR) is 108 cm³/mol. The number of anilines is 2. The quantitative estimate of drug-likeness (QED) is 0.459. The summed E-state index contributed by atoms with van der Waals surface area (Å²) < 4.78 is 10.6. The maximum absolute atomic E-state index is 11.7. The number of amides is 2. The monoisotopic (exact) mass is 412 g/mol. The van der Waals surface area contributed by atoms with Crippen LogP contribution in [0.5, 0.6) is 11.5 Å². The van der Waals surface area contributed by atoms with Gasteiger partial charge in [0.2, 0.25) is 0 Å². The van der Waals surface area contributed by atoms with Gasteiger partial charge in [-0.3, -0.25) is 9.59 Å². The van der Waals surface area contributed by atoms with Crippen LogP contribution >= 0.6 is 11.3 Å². The van der Waals surface area contributed by atoms with Crippen LogP contribution in [0.25, 0.3) is 21.3 Å². The Morgan fingerprint density at radius 1 is 1.24 bits per heavy atom. The molecular weight excluding hydrogens is 396 g/mol. The number of thiophene rings is 1. The van der Waals surface area contributed by atoms with Gasteiger partial charge in [-0.1, -0.05) is 6.07 Å². The Hall–Kier alpha value is -4.04. The Morgan fingerprint density at radius 3 is 2.55 bits per heavy atom. The summed E-state index contributed by atoms with van der Waals surface area (Å²) in [6.45, 7) is -0.370. The van der Waals surface area contributed by atoms with Crippen LogP contribution in [0.15, 0.2) is 18.2 Å². The first-order valence-corrected chi connectivity index (χ1v) is 8.91. The average molecular weight is 412 g/mol. The highest BCUT2D eigenvalue weighted by molar-refractivity contribution is 7.21. The highest BCUT2D eigenvalue weighted by Gasteiger charge is 2.24. The maximum atomic E-state index is 11.7. The van der Waals surface area contributed by atoms with E-state index in [1.165, 1.54) is 7.11 Å². The number of nitrogens with two attached hydrogens (primary N) is 4. The van der Waals surface area contributed by atoms with Gasteiger partial charge in [-0.25, -0.2) is 4.98 Å². The van der Waals surface area contributed by atoms with E-state index in [1.54, 1.807) is 18.2 Å². The lowest BCUT2D eigenvalue weighted by Gasteiger charge is -2.14. The zero-order valence-corrected chi connectivity index (χ0v) is 16.0. The third-order valence-electron chi connectivity index (χ3n) is 4.06. The fourth-order valence-corrected chi connectivity index (χ4v) is 3.81. The molecule has 0 aliphatic carbocycles. The molecule has 148 valence electrons. The number of nitrogen functional groups attached to an aromatic ring is 2. The van der Waals surface area contributed by atoms with Crippen molar-refractivity contribution in [2.75, 3.05) is 25.2 Å². The smallest absolute Gasteiger partial charge is 0.260 e. The van der Waals surface area contributed by atoms with Gasteiger partial charge in [-0.05, 0) is 17.7 Å². The molecule has 0 radical (unpaired) electrons. The van der Waals surface area contributed by atoms with E-state index in [9.17, 15) is 14.9 Å². The average Bonchev–Trinajstić information content (AvgIpc) is 3.01. The number of nitriles is 1. The molecule has 0 saturated heterocycles. The summed E-state index contributed by atoms with van der Waals surface area (Å²) in [4.78, 5) is 27.5. The third-order valence-corrected chi connectivity index (χ3v) is 5.18.